The predicted molar refractivity (Wildman–Crippen MR) is 106 cm³/mol. The molecule has 3 rings (SSSR count). The summed E-state index contributed by atoms with van der Waals surface area (Å²) < 4.78 is 6.34. The van der Waals surface area contributed by atoms with Gasteiger partial charge in [0.2, 0.25) is 0 Å². The summed E-state index contributed by atoms with van der Waals surface area (Å²) in [5.74, 6) is 0.529. The third-order valence-corrected chi connectivity index (χ3v) is 4.70. The fourth-order valence-electron chi connectivity index (χ4n) is 2.03. The van der Waals surface area contributed by atoms with Crippen molar-refractivity contribution >= 4 is 62.9 Å². The number of nitrogens with zero attached hydrogens (tertiary/aromatic N) is 2. The monoisotopic (exact) mass is 471 g/mol. The maximum atomic E-state index is 12.0. The second kappa shape index (κ2) is 8.22. The molecule has 2 aromatic heterocycles. The number of hydrogen-bond donors (Lipinski definition) is 1. The van der Waals surface area contributed by atoms with Gasteiger partial charge in [-0.25, -0.2) is 5.43 Å². The van der Waals surface area contributed by atoms with E-state index in [9.17, 15) is 4.79 Å². The average molecular weight is 474 g/mol. The zero-order valence-electron chi connectivity index (χ0n) is 12.8. The van der Waals surface area contributed by atoms with Crippen LogP contribution in [0.15, 0.2) is 56.7 Å². The first-order chi connectivity index (χ1) is 12.4. The number of amides is 1. The lowest BCUT2D eigenvalue weighted by molar-refractivity contribution is 0.0954. The number of hydrazone groups is 1. The van der Waals surface area contributed by atoms with Crippen molar-refractivity contribution in [3.05, 3.63) is 73.6 Å². The minimum absolute atomic E-state index is 0.360. The minimum atomic E-state index is -0.394. The Morgan fingerprint density at radius 1 is 1.12 bits per heavy atom. The van der Waals surface area contributed by atoms with E-state index in [-0.39, 0.29) is 0 Å². The summed E-state index contributed by atoms with van der Waals surface area (Å²) in [6.07, 6.45) is 4.39. The summed E-state index contributed by atoms with van der Waals surface area (Å²) in [4.78, 5) is 15.9. The number of carbonyl (C=O) groups excluding carboxylic acids is 1. The minimum Gasteiger partial charge on any atom is -0.455 e. The molecule has 132 valence electrons. The molecule has 0 spiro atoms. The molecule has 0 aliphatic carbocycles. The van der Waals surface area contributed by atoms with Gasteiger partial charge in [0, 0.05) is 22.4 Å². The number of carbonyl (C=O) groups is 1. The summed E-state index contributed by atoms with van der Waals surface area (Å²) in [7, 11) is 0. The zero-order valence-corrected chi connectivity index (χ0v) is 16.7. The quantitative estimate of drug-likeness (QED) is 0.295. The van der Waals surface area contributed by atoms with Gasteiger partial charge in [-0.1, -0.05) is 34.8 Å². The smallest absolute Gasteiger partial charge is 0.272 e. The first-order valence-corrected chi connectivity index (χ1v) is 9.05. The summed E-state index contributed by atoms with van der Waals surface area (Å²) in [5.41, 5.74) is 3.37. The first-order valence-electron chi connectivity index (χ1n) is 7.13. The van der Waals surface area contributed by atoms with Crippen LogP contribution in [-0.2, 0) is 0 Å². The molecule has 0 bridgehead atoms. The maximum Gasteiger partial charge on any atom is 0.272 e. The predicted octanol–water partition coefficient (Wildman–Crippen LogP) is 5.83. The Morgan fingerprint density at radius 2 is 1.88 bits per heavy atom. The van der Waals surface area contributed by atoms with Crippen LogP contribution in [0.3, 0.4) is 0 Å². The molecule has 0 fully saturated rings. The summed E-state index contributed by atoms with van der Waals surface area (Å²) in [6.45, 7) is 0. The van der Waals surface area contributed by atoms with Crippen molar-refractivity contribution < 1.29 is 9.21 Å². The van der Waals surface area contributed by atoms with Crippen molar-refractivity contribution in [3.8, 4) is 11.3 Å². The number of pyridine rings is 1. The van der Waals surface area contributed by atoms with Gasteiger partial charge in [-0.05, 0) is 46.3 Å². The van der Waals surface area contributed by atoms with Crippen molar-refractivity contribution in [1.29, 1.82) is 0 Å². The van der Waals surface area contributed by atoms with E-state index >= 15 is 0 Å². The van der Waals surface area contributed by atoms with Crippen LogP contribution in [0.5, 0.6) is 0 Å². The van der Waals surface area contributed by atoms with E-state index in [4.69, 9.17) is 39.2 Å². The Labute approximate surface area is 172 Å². The molecule has 0 aliphatic rings. The van der Waals surface area contributed by atoms with Crippen molar-refractivity contribution in [3.63, 3.8) is 0 Å². The lowest BCUT2D eigenvalue weighted by atomic mass is 10.2. The fourth-order valence-corrected chi connectivity index (χ4v) is 3.04. The van der Waals surface area contributed by atoms with Gasteiger partial charge in [0.1, 0.15) is 11.5 Å². The van der Waals surface area contributed by atoms with Crippen LogP contribution in [0.1, 0.15) is 16.1 Å². The van der Waals surface area contributed by atoms with Gasteiger partial charge in [0.05, 0.1) is 26.8 Å². The van der Waals surface area contributed by atoms with Gasteiger partial charge < -0.3 is 4.42 Å². The maximum absolute atomic E-state index is 12.0. The Balaban J connectivity index is 1.72. The molecule has 9 heteroatoms. The highest BCUT2D eigenvalue weighted by atomic mass is 79.9. The van der Waals surface area contributed by atoms with Crippen LogP contribution in [0, 0.1) is 0 Å². The summed E-state index contributed by atoms with van der Waals surface area (Å²) in [5, 5.41) is 5.00. The highest BCUT2D eigenvalue weighted by Gasteiger charge is 2.11. The van der Waals surface area contributed by atoms with Gasteiger partial charge in [0.25, 0.3) is 5.91 Å². The van der Waals surface area contributed by atoms with Gasteiger partial charge in [0.15, 0.2) is 0 Å². The Hall–Kier alpha value is -1.86. The third kappa shape index (κ3) is 4.45. The van der Waals surface area contributed by atoms with E-state index < -0.39 is 5.91 Å². The number of benzene rings is 1. The van der Waals surface area contributed by atoms with Crippen LogP contribution in [-0.4, -0.2) is 17.1 Å². The average Bonchev–Trinajstić information content (AvgIpc) is 3.06. The number of halogens is 4. The number of hydrogen-bond acceptors (Lipinski definition) is 4. The largest absolute Gasteiger partial charge is 0.455 e. The lowest BCUT2D eigenvalue weighted by Crippen LogP contribution is -2.17. The fraction of sp³-hybridized carbons (Fsp3) is 0. The van der Waals surface area contributed by atoms with E-state index in [0.717, 1.165) is 0 Å². The Morgan fingerprint density at radius 3 is 2.65 bits per heavy atom. The topological polar surface area (TPSA) is 67.5 Å². The summed E-state index contributed by atoms with van der Waals surface area (Å²) >= 11 is 21.4. The van der Waals surface area contributed by atoms with Gasteiger partial charge in [-0.3, -0.25) is 9.78 Å². The molecular formula is C17H9BrCl3N3O2. The Kier molecular flexibility index (Phi) is 5.98. The molecule has 5 nitrogen and oxygen atoms in total. The third-order valence-electron chi connectivity index (χ3n) is 3.23. The molecule has 0 atom stereocenters. The highest BCUT2D eigenvalue weighted by molar-refractivity contribution is 9.10. The van der Waals surface area contributed by atoms with Crippen LogP contribution in [0.2, 0.25) is 15.1 Å². The molecular weight excluding hydrogens is 464 g/mol. The van der Waals surface area contributed by atoms with Crippen molar-refractivity contribution in [1.82, 2.24) is 10.4 Å². The standard InChI is InChI=1S/C17H9BrCl3N3O2/c18-10-3-9(6-22-7-10)17(25)24-23-8-11-1-2-16(26-11)12-4-14(20)15(21)5-13(12)19/h1-8H,(H,24,25)/b23-8-. The number of nitrogens with one attached hydrogen (secondary N) is 1. The first kappa shape index (κ1) is 18.9. The van der Waals surface area contributed by atoms with E-state index in [1.165, 1.54) is 12.4 Å². The molecule has 26 heavy (non-hydrogen) atoms. The molecule has 0 radical (unpaired) electrons. The number of aromatic nitrogens is 1. The molecule has 1 N–H and O–H groups in total. The SMILES string of the molecule is O=C(N/N=C\c1ccc(-c2cc(Cl)c(Cl)cc2Cl)o1)c1cncc(Br)c1. The van der Waals surface area contributed by atoms with Crippen LogP contribution in [0.4, 0.5) is 0 Å². The van der Waals surface area contributed by atoms with Crippen LogP contribution in [0.25, 0.3) is 11.3 Å². The van der Waals surface area contributed by atoms with Crippen LogP contribution < -0.4 is 5.43 Å². The molecule has 1 aromatic carbocycles. The number of rotatable bonds is 4. The lowest BCUT2D eigenvalue weighted by Gasteiger charge is -2.03. The van der Waals surface area contributed by atoms with Crippen molar-refractivity contribution in [2.24, 2.45) is 5.10 Å². The van der Waals surface area contributed by atoms with E-state index in [1.807, 2.05) is 0 Å². The molecule has 1 amide bonds. The van der Waals surface area contributed by atoms with Gasteiger partial charge in [-0.15, -0.1) is 0 Å². The van der Waals surface area contributed by atoms with E-state index in [1.54, 1.807) is 36.5 Å². The molecule has 0 aliphatic heterocycles. The van der Waals surface area contributed by atoms with Gasteiger partial charge in [-0.2, -0.15) is 5.10 Å². The zero-order chi connectivity index (χ0) is 18.7. The molecule has 0 saturated carbocycles. The Bertz CT molecular complexity index is 1000. The number of furan rings is 1. The second-order valence-corrected chi connectivity index (χ2v) is 7.18. The highest BCUT2D eigenvalue weighted by Crippen LogP contribution is 2.35. The van der Waals surface area contributed by atoms with Crippen LogP contribution >= 0.6 is 50.7 Å². The van der Waals surface area contributed by atoms with Gasteiger partial charge >= 0.3 is 0 Å². The summed E-state index contributed by atoms with van der Waals surface area (Å²) in [6, 6.07) is 8.20. The molecule has 0 unspecified atom stereocenters. The van der Waals surface area contributed by atoms with E-state index in [0.29, 0.717) is 42.2 Å². The second-order valence-electron chi connectivity index (χ2n) is 5.04. The van der Waals surface area contributed by atoms with Crippen molar-refractivity contribution in [2.75, 3.05) is 0 Å². The normalized spacial score (nSPS) is 11.1. The molecule has 3 aromatic rings. The molecule has 0 saturated heterocycles. The van der Waals surface area contributed by atoms with E-state index in [2.05, 4.69) is 31.4 Å². The van der Waals surface area contributed by atoms with Crippen molar-refractivity contribution in [2.45, 2.75) is 0 Å². The molecule has 2 heterocycles.